The van der Waals surface area contributed by atoms with Crippen LogP contribution < -0.4 is 0 Å². The predicted octanol–water partition coefficient (Wildman–Crippen LogP) is 4.83. The van der Waals surface area contributed by atoms with Gasteiger partial charge in [0.25, 0.3) is 0 Å². The lowest BCUT2D eigenvalue weighted by atomic mass is 10.1. The van der Waals surface area contributed by atoms with Crippen LogP contribution in [-0.2, 0) is 0 Å². The summed E-state index contributed by atoms with van der Waals surface area (Å²) in [5.74, 6) is -0.0851. The van der Waals surface area contributed by atoms with E-state index in [2.05, 4.69) is 10.0 Å². The van der Waals surface area contributed by atoms with Crippen LogP contribution in [0.1, 0.15) is 21.5 Å². The number of hydrogen-bond donors (Lipinski definition) is 0. The molecule has 0 bridgehead atoms. The average Bonchev–Trinajstić information content (AvgIpc) is 2.47. The van der Waals surface area contributed by atoms with Gasteiger partial charge < -0.3 is 0 Å². The van der Waals surface area contributed by atoms with Gasteiger partial charge in [-0.3, -0.25) is 4.79 Å². The lowest BCUT2D eigenvalue weighted by molar-refractivity contribution is 0.104. The van der Waals surface area contributed by atoms with E-state index in [1.165, 1.54) is 11.6 Å². The Morgan fingerprint density at radius 2 is 1.75 bits per heavy atom. The average molecular weight is 263 g/mol. The summed E-state index contributed by atoms with van der Waals surface area (Å²) in [5, 5.41) is 3.46. The molecular formula is C16H13N3O. The van der Waals surface area contributed by atoms with E-state index in [-0.39, 0.29) is 5.78 Å². The fraction of sp³-hybridized carbons (Fsp3) is 0.0625. The minimum absolute atomic E-state index is 0.0851. The molecule has 0 amide bonds. The number of benzene rings is 2. The van der Waals surface area contributed by atoms with Crippen molar-refractivity contribution >= 4 is 17.5 Å². The highest BCUT2D eigenvalue weighted by Gasteiger charge is 2.01. The molecule has 98 valence electrons. The number of hydrogen-bond acceptors (Lipinski definition) is 2. The lowest BCUT2D eigenvalue weighted by Crippen LogP contribution is -1.92. The lowest BCUT2D eigenvalue weighted by Gasteiger charge is -1.97. The summed E-state index contributed by atoms with van der Waals surface area (Å²) in [7, 11) is 0. The van der Waals surface area contributed by atoms with Crippen LogP contribution >= 0.6 is 0 Å². The van der Waals surface area contributed by atoms with E-state index in [0.717, 1.165) is 5.56 Å². The van der Waals surface area contributed by atoms with E-state index in [1.54, 1.807) is 30.3 Å². The molecule has 0 heterocycles. The summed E-state index contributed by atoms with van der Waals surface area (Å²) in [6.45, 7) is 2.02. The van der Waals surface area contributed by atoms with Crippen LogP contribution in [0.2, 0.25) is 0 Å². The molecule has 0 N–H and O–H groups in total. The van der Waals surface area contributed by atoms with Gasteiger partial charge in [0.1, 0.15) is 0 Å². The summed E-state index contributed by atoms with van der Waals surface area (Å²) < 4.78 is 0. The van der Waals surface area contributed by atoms with Crippen LogP contribution in [0.4, 0.5) is 5.69 Å². The summed E-state index contributed by atoms with van der Waals surface area (Å²) in [6, 6.07) is 14.4. The highest BCUT2D eigenvalue weighted by atomic mass is 16.1. The van der Waals surface area contributed by atoms with Crippen molar-refractivity contribution in [2.24, 2.45) is 5.11 Å². The summed E-state index contributed by atoms with van der Waals surface area (Å²) in [6.07, 6.45) is 3.32. The van der Waals surface area contributed by atoms with Crippen molar-refractivity contribution in [3.63, 3.8) is 0 Å². The maximum Gasteiger partial charge on any atom is 0.185 e. The second kappa shape index (κ2) is 6.36. The van der Waals surface area contributed by atoms with Gasteiger partial charge in [0.15, 0.2) is 5.78 Å². The van der Waals surface area contributed by atoms with Crippen molar-refractivity contribution in [2.75, 3.05) is 0 Å². The quantitative estimate of drug-likeness (QED) is 0.256. The monoisotopic (exact) mass is 263 g/mol. The molecule has 0 aliphatic rings. The normalized spacial score (nSPS) is 10.2. The summed E-state index contributed by atoms with van der Waals surface area (Å²) >= 11 is 0. The maximum absolute atomic E-state index is 12.0. The number of carbonyl (C=O) groups is 1. The van der Waals surface area contributed by atoms with Gasteiger partial charge in [0, 0.05) is 16.2 Å². The fourth-order valence-electron chi connectivity index (χ4n) is 1.69. The molecule has 0 aliphatic carbocycles. The van der Waals surface area contributed by atoms with Gasteiger partial charge in [0.05, 0.1) is 0 Å². The number of allylic oxidation sites excluding steroid dienone is 1. The molecule has 0 aromatic heterocycles. The van der Waals surface area contributed by atoms with E-state index in [0.29, 0.717) is 11.3 Å². The molecule has 0 spiro atoms. The number of rotatable bonds is 4. The van der Waals surface area contributed by atoms with Gasteiger partial charge in [-0.25, -0.2) is 0 Å². The van der Waals surface area contributed by atoms with Gasteiger partial charge >= 0.3 is 0 Å². The smallest absolute Gasteiger partial charge is 0.185 e. The first kappa shape index (κ1) is 13.6. The number of azide groups is 1. The molecule has 0 saturated heterocycles. The van der Waals surface area contributed by atoms with Crippen molar-refractivity contribution in [3.05, 3.63) is 81.7 Å². The zero-order valence-electron chi connectivity index (χ0n) is 11.0. The molecule has 2 rings (SSSR count). The highest BCUT2D eigenvalue weighted by molar-refractivity contribution is 6.06. The van der Waals surface area contributed by atoms with Gasteiger partial charge in [-0.05, 0) is 24.1 Å². The van der Waals surface area contributed by atoms with E-state index >= 15 is 0 Å². The maximum atomic E-state index is 12.0. The first-order valence-electron chi connectivity index (χ1n) is 6.13. The van der Waals surface area contributed by atoms with Crippen molar-refractivity contribution in [1.82, 2.24) is 0 Å². The second-order valence-corrected chi connectivity index (χ2v) is 4.34. The van der Waals surface area contributed by atoms with Crippen molar-refractivity contribution in [2.45, 2.75) is 6.92 Å². The minimum atomic E-state index is -0.0851. The van der Waals surface area contributed by atoms with Crippen LogP contribution in [0.25, 0.3) is 16.5 Å². The molecule has 0 saturated carbocycles. The number of ketones is 1. The molecule has 0 atom stereocenters. The molecule has 4 nitrogen and oxygen atoms in total. The van der Waals surface area contributed by atoms with Crippen molar-refractivity contribution in [3.8, 4) is 0 Å². The fourth-order valence-corrected chi connectivity index (χ4v) is 1.69. The van der Waals surface area contributed by atoms with E-state index < -0.39 is 0 Å². The highest BCUT2D eigenvalue weighted by Crippen LogP contribution is 2.14. The Hall–Kier alpha value is -2.84. The van der Waals surface area contributed by atoms with Crippen LogP contribution in [-0.4, -0.2) is 5.78 Å². The largest absolute Gasteiger partial charge is 0.289 e. The van der Waals surface area contributed by atoms with Crippen LogP contribution in [0, 0.1) is 6.92 Å². The van der Waals surface area contributed by atoms with E-state index in [9.17, 15) is 4.79 Å². The Morgan fingerprint density at radius 3 is 2.35 bits per heavy atom. The number of aryl methyl sites for hydroxylation is 1. The standard InChI is InChI=1S/C16H13N3O/c1-12-2-4-13(5-3-12)6-11-16(20)14-7-9-15(10-8-14)18-19-17/h2-11H,1H3/b11-6-. The van der Waals surface area contributed by atoms with Crippen molar-refractivity contribution < 1.29 is 4.79 Å². The Morgan fingerprint density at radius 1 is 1.10 bits per heavy atom. The predicted molar refractivity (Wildman–Crippen MR) is 79.8 cm³/mol. The van der Waals surface area contributed by atoms with Crippen molar-refractivity contribution in [1.29, 1.82) is 0 Å². The molecular weight excluding hydrogens is 250 g/mol. The summed E-state index contributed by atoms with van der Waals surface area (Å²) in [5.41, 5.74) is 11.5. The van der Waals surface area contributed by atoms with Crippen LogP contribution in [0.15, 0.2) is 59.7 Å². The Bertz CT molecular complexity index is 679. The molecule has 2 aromatic rings. The molecule has 0 aliphatic heterocycles. The Kier molecular flexibility index (Phi) is 4.32. The number of nitrogens with zero attached hydrogens (tertiary/aromatic N) is 3. The summed E-state index contributed by atoms with van der Waals surface area (Å²) in [4.78, 5) is 14.7. The molecule has 0 fully saturated rings. The topological polar surface area (TPSA) is 65.8 Å². The first-order valence-corrected chi connectivity index (χ1v) is 6.13. The second-order valence-electron chi connectivity index (χ2n) is 4.34. The third-order valence-electron chi connectivity index (χ3n) is 2.82. The van der Waals surface area contributed by atoms with Crippen LogP contribution in [0.3, 0.4) is 0 Å². The third kappa shape index (κ3) is 3.57. The van der Waals surface area contributed by atoms with E-state index in [1.807, 2.05) is 31.2 Å². The molecule has 2 aromatic carbocycles. The van der Waals surface area contributed by atoms with Crippen LogP contribution in [0.5, 0.6) is 0 Å². The van der Waals surface area contributed by atoms with E-state index in [4.69, 9.17) is 5.53 Å². The zero-order valence-corrected chi connectivity index (χ0v) is 11.0. The van der Waals surface area contributed by atoms with Gasteiger partial charge in [0.2, 0.25) is 0 Å². The SMILES string of the molecule is Cc1ccc(/C=C\C(=O)c2ccc(N=[N+]=[N-])cc2)cc1. The molecule has 4 heteroatoms. The first-order chi connectivity index (χ1) is 9.69. The molecule has 0 radical (unpaired) electrons. The minimum Gasteiger partial charge on any atom is -0.289 e. The van der Waals surface area contributed by atoms with Gasteiger partial charge in [-0.2, -0.15) is 0 Å². The molecule has 0 unspecified atom stereocenters. The Balaban J connectivity index is 2.11. The zero-order chi connectivity index (χ0) is 14.4. The third-order valence-corrected chi connectivity index (χ3v) is 2.82. The Labute approximate surface area is 117 Å². The number of carbonyl (C=O) groups excluding carboxylic acids is 1. The van der Waals surface area contributed by atoms with Gasteiger partial charge in [-0.15, -0.1) is 0 Å². The van der Waals surface area contributed by atoms with Gasteiger partial charge in [-0.1, -0.05) is 65.3 Å². The molecule has 20 heavy (non-hydrogen) atoms.